The minimum absolute atomic E-state index is 0.538. The normalized spacial score (nSPS) is 10.6. The maximum absolute atomic E-state index is 5.90. The molecular weight excluding hydrogens is 450 g/mol. The fraction of sp³-hybridized carbons (Fsp3) is 0.200. The maximum atomic E-state index is 5.90. The average molecular weight is 464 g/mol. The monoisotopic (exact) mass is 461 g/mol. The molecule has 0 spiro atoms. The van der Waals surface area contributed by atoms with Crippen LogP contribution in [-0.4, -0.2) is 7.05 Å². The van der Waals surface area contributed by atoms with E-state index < -0.39 is 0 Å². The Labute approximate surface area is 144 Å². The highest BCUT2D eigenvalue weighted by Gasteiger charge is 2.09. The van der Waals surface area contributed by atoms with Crippen LogP contribution in [0.15, 0.2) is 49.8 Å². The molecule has 2 aromatic rings. The molecule has 2 nitrogen and oxygen atoms in total. The van der Waals surface area contributed by atoms with Gasteiger partial charge in [0.05, 0.1) is 8.95 Å². The van der Waals surface area contributed by atoms with Gasteiger partial charge in [-0.2, -0.15) is 0 Å². The van der Waals surface area contributed by atoms with E-state index in [0.29, 0.717) is 6.61 Å². The lowest BCUT2D eigenvalue weighted by Gasteiger charge is -2.12. The minimum atomic E-state index is 0.538. The molecule has 0 fully saturated rings. The molecule has 0 unspecified atom stereocenters. The van der Waals surface area contributed by atoms with Crippen molar-refractivity contribution in [2.24, 2.45) is 0 Å². The summed E-state index contributed by atoms with van der Waals surface area (Å²) in [5.41, 5.74) is 2.33. The summed E-state index contributed by atoms with van der Waals surface area (Å²) in [5.74, 6) is 0.827. The Hall–Kier alpha value is -0.360. The number of hydrogen-bond donors (Lipinski definition) is 1. The van der Waals surface area contributed by atoms with Gasteiger partial charge in [0.25, 0.3) is 0 Å². The van der Waals surface area contributed by atoms with E-state index in [1.54, 1.807) is 0 Å². The Bertz CT molecular complexity index is 561. The van der Waals surface area contributed by atoms with E-state index in [4.69, 9.17) is 4.74 Å². The second-order valence-corrected chi connectivity index (χ2v) is 6.96. The Morgan fingerprint density at radius 2 is 1.55 bits per heavy atom. The van der Waals surface area contributed by atoms with E-state index in [-0.39, 0.29) is 0 Å². The topological polar surface area (TPSA) is 21.3 Å². The fourth-order valence-corrected chi connectivity index (χ4v) is 3.57. The molecule has 0 heterocycles. The first-order valence-electron chi connectivity index (χ1n) is 6.10. The first-order chi connectivity index (χ1) is 9.60. The number of ether oxygens (including phenoxy) is 1. The molecule has 0 amide bonds. The summed E-state index contributed by atoms with van der Waals surface area (Å²) in [7, 11) is 1.93. The summed E-state index contributed by atoms with van der Waals surface area (Å²) in [6.07, 6.45) is 0. The lowest BCUT2D eigenvalue weighted by molar-refractivity contribution is 0.302. The first kappa shape index (κ1) is 16.0. The van der Waals surface area contributed by atoms with Crippen molar-refractivity contribution in [1.29, 1.82) is 0 Å². The number of rotatable bonds is 5. The molecular formula is C15H14Br3NO. The summed E-state index contributed by atoms with van der Waals surface area (Å²) in [4.78, 5) is 0. The van der Waals surface area contributed by atoms with E-state index in [2.05, 4.69) is 65.2 Å². The smallest absolute Gasteiger partial charge is 0.148 e. The zero-order valence-corrected chi connectivity index (χ0v) is 15.7. The van der Waals surface area contributed by atoms with Crippen molar-refractivity contribution >= 4 is 47.8 Å². The van der Waals surface area contributed by atoms with Crippen LogP contribution >= 0.6 is 47.8 Å². The van der Waals surface area contributed by atoms with Crippen LogP contribution in [0, 0.1) is 0 Å². The maximum Gasteiger partial charge on any atom is 0.148 e. The summed E-state index contributed by atoms with van der Waals surface area (Å²) in [6.45, 7) is 1.36. The molecule has 2 rings (SSSR count). The highest BCUT2D eigenvalue weighted by molar-refractivity contribution is 9.11. The van der Waals surface area contributed by atoms with Gasteiger partial charge >= 0.3 is 0 Å². The van der Waals surface area contributed by atoms with Crippen molar-refractivity contribution in [3.8, 4) is 5.75 Å². The van der Waals surface area contributed by atoms with Crippen molar-refractivity contribution in [1.82, 2.24) is 5.32 Å². The van der Waals surface area contributed by atoms with Crippen LogP contribution in [0.3, 0.4) is 0 Å². The van der Waals surface area contributed by atoms with Gasteiger partial charge in [-0.05, 0) is 74.3 Å². The molecule has 0 saturated carbocycles. The zero-order chi connectivity index (χ0) is 14.5. The molecule has 1 N–H and O–H groups in total. The third kappa shape index (κ3) is 4.32. The van der Waals surface area contributed by atoms with E-state index in [1.807, 2.05) is 31.3 Å². The molecule has 5 heteroatoms. The van der Waals surface area contributed by atoms with E-state index in [0.717, 1.165) is 31.3 Å². The quantitative estimate of drug-likeness (QED) is 0.652. The Balaban J connectivity index is 2.11. The number of hydrogen-bond acceptors (Lipinski definition) is 2. The van der Waals surface area contributed by atoms with Gasteiger partial charge in [-0.3, -0.25) is 0 Å². The van der Waals surface area contributed by atoms with Crippen LogP contribution in [0.2, 0.25) is 0 Å². The van der Waals surface area contributed by atoms with Gasteiger partial charge in [0.2, 0.25) is 0 Å². The summed E-state index contributed by atoms with van der Waals surface area (Å²) < 4.78 is 8.87. The van der Waals surface area contributed by atoms with Gasteiger partial charge in [0, 0.05) is 11.0 Å². The molecule has 0 atom stereocenters. The van der Waals surface area contributed by atoms with Crippen LogP contribution in [0.4, 0.5) is 0 Å². The largest absolute Gasteiger partial charge is 0.487 e. The zero-order valence-electron chi connectivity index (χ0n) is 10.9. The Morgan fingerprint density at radius 1 is 0.950 bits per heavy atom. The third-order valence-electron chi connectivity index (χ3n) is 2.74. The van der Waals surface area contributed by atoms with Gasteiger partial charge in [-0.15, -0.1) is 0 Å². The summed E-state index contributed by atoms with van der Waals surface area (Å²) in [6, 6.07) is 12.2. The van der Waals surface area contributed by atoms with Crippen LogP contribution in [-0.2, 0) is 13.2 Å². The van der Waals surface area contributed by atoms with Crippen molar-refractivity contribution < 1.29 is 4.74 Å². The van der Waals surface area contributed by atoms with E-state index in [9.17, 15) is 0 Å². The molecule has 0 aliphatic rings. The molecule has 0 radical (unpaired) electrons. The third-order valence-corrected chi connectivity index (χ3v) is 4.44. The highest BCUT2D eigenvalue weighted by atomic mass is 79.9. The summed E-state index contributed by atoms with van der Waals surface area (Å²) in [5, 5.41) is 3.13. The van der Waals surface area contributed by atoms with Crippen LogP contribution in [0.1, 0.15) is 11.1 Å². The summed E-state index contributed by atoms with van der Waals surface area (Å²) >= 11 is 10.6. The van der Waals surface area contributed by atoms with Crippen LogP contribution in [0.25, 0.3) is 0 Å². The lowest BCUT2D eigenvalue weighted by Crippen LogP contribution is -2.05. The molecule has 0 aromatic heterocycles. The Kier molecular flexibility index (Phi) is 6.08. The van der Waals surface area contributed by atoms with Crippen molar-refractivity contribution in [2.75, 3.05) is 7.05 Å². The molecule has 0 aliphatic carbocycles. The van der Waals surface area contributed by atoms with Crippen LogP contribution in [0.5, 0.6) is 5.75 Å². The molecule has 0 aliphatic heterocycles. The minimum Gasteiger partial charge on any atom is -0.487 e. The number of halogens is 3. The van der Waals surface area contributed by atoms with Gasteiger partial charge in [-0.25, -0.2) is 0 Å². The van der Waals surface area contributed by atoms with Gasteiger partial charge in [0.15, 0.2) is 0 Å². The van der Waals surface area contributed by atoms with E-state index >= 15 is 0 Å². The number of benzene rings is 2. The molecule has 106 valence electrons. The fourth-order valence-electron chi connectivity index (χ4n) is 1.79. The number of nitrogens with one attached hydrogen (secondary N) is 1. The first-order valence-corrected chi connectivity index (χ1v) is 8.48. The molecule has 2 aromatic carbocycles. The predicted octanol–water partition coefficient (Wildman–Crippen LogP) is 5.27. The lowest BCUT2D eigenvalue weighted by atomic mass is 10.2. The van der Waals surface area contributed by atoms with Gasteiger partial charge < -0.3 is 10.1 Å². The highest BCUT2D eigenvalue weighted by Crippen LogP contribution is 2.35. The molecule has 20 heavy (non-hydrogen) atoms. The SMILES string of the molecule is CNCc1cc(Br)c(OCc2ccc(Br)cc2)c(Br)c1. The van der Waals surface area contributed by atoms with E-state index in [1.165, 1.54) is 5.56 Å². The van der Waals surface area contributed by atoms with Gasteiger partial charge in [0.1, 0.15) is 12.4 Å². The molecule has 0 saturated heterocycles. The second-order valence-electron chi connectivity index (χ2n) is 4.33. The predicted molar refractivity (Wildman–Crippen MR) is 93.1 cm³/mol. The van der Waals surface area contributed by atoms with Crippen molar-refractivity contribution in [3.05, 3.63) is 60.9 Å². The second kappa shape index (κ2) is 7.59. The Morgan fingerprint density at radius 3 is 2.10 bits per heavy atom. The van der Waals surface area contributed by atoms with Crippen molar-refractivity contribution in [3.63, 3.8) is 0 Å². The standard InChI is InChI=1S/C15H14Br3NO/c1-19-8-11-6-13(17)15(14(18)7-11)20-9-10-2-4-12(16)5-3-10/h2-7,19H,8-9H2,1H3. The average Bonchev–Trinajstić information content (AvgIpc) is 2.40. The van der Waals surface area contributed by atoms with Gasteiger partial charge in [-0.1, -0.05) is 28.1 Å². The molecule has 0 bridgehead atoms. The van der Waals surface area contributed by atoms with Crippen LogP contribution < -0.4 is 10.1 Å². The van der Waals surface area contributed by atoms with Crippen molar-refractivity contribution in [2.45, 2.75) is 13.2 Å².